The third-order valence-electron chi connectivity index (χ3n) is 4.77. The molecule has 0 saturated carbocycles. The monoisotopic (exact) mass is 493 g/mol. The molecule has 1 atom stereocenters. The van der Waals surface area contributed by atoms with Gasteiger partial charge in [-0.15, -0.1) is 35.3 Å². The van der Waals surface area contributed by atoms with E-state index in [-0.39, 0.29) is 29.4 Å². The Morgan fingerprint density at radius 2 is 2.15 bits per heavy atom. The summed E-state index contributed by atoms with van der Waals surface area (Å²) in [6, 6.07) is 0.645. The Morgan fingerprint density at radius 3 is 2.73 bits per heavy atom. The van der Waals surface area contributed by atoms with Crippen molar-refractivity contribution in [3.05, 3.63) is 16.1 Å². The molecule has 5 nitrogen and oxygen atoms in total. The van der Waals surface area contributed by atoms with Gasteiger partial charge < -0.3 is 10.2 Å². The van der Waals surface area contributed by atoms with E-state index < -0.39 is 0 Å². The van der Waals surface area contributed by atoms with Gasteiger partial charge in [0, 0.05) is 37.0 Å². The van der Waals surface area contributed by atoms with Crippen molar-refractivity contribution < 1.29 is 0 Å². The number of halogens is 1. The maximum Gasteiger partial charge on any atom is 0.194 e. The van der Waals surface area contributed by atoms with Crippen LogP contribution in [0, 0.1) is 0 Å². The molecule has 1 unspecified atom stereocenters. The Bertz CT molecular complexity index is 567. The average Bonchev–Trinajstić information content (AvgIpc) is 3.19. The molecule has 1 aliphatic rings. The normalized spacial score (nSPS) is 18.7. The van der Waals surface area contributed by atoms with Crippen LogP contribution in [-0.2, 0) is 12.0 Å². The molecule has 1 aromatic rings. The molecule has 0 aromatic carbocycles. The molecule has 2 heterocycles. The fourth-order valence-corrected chi connectivity index (χ4v) is 4.21. The van der Waals surface area contributed by atoms with Crippen molar-refractivity contribution in [1.29, 1.82) is 0 Å². The molecule has 1 fully saturated rings. The predicted octanol–water partition coefficient (Wildman–Crippen LogP) is 3.94. The molecule has 0 aliphatic carbocycles. The van der Waals surface area contributed by atoms with E-state index in [2.05, 4.69) is 62.2 Å². The topological polar surface area (TPSA) is 43.8 Å². The van der Waals surface area contributed by atoms with E-state index in [1.54, 1.807) is 11.3 Å². The maximum atomic E-state index is 4.83. The van der Waals surface area contributed by atoms with Crippen molar-refractivity contribution in [2.45, 2.75) is 65.5 Å². The Labute approximate surface area is 180 Å². The lowest BCUT2D eigenvalue weighted by atomic mass is 9.93. The molecule has 1 aromatic heterocycles. The second kappa shape index (κ2) is 10.8. The highest BCUT2D eigenvalue weighted by Crippen LogP contribution is 2.24. The van der Waals surface area contributed by atoms with Gasteiger partial charge in [0.25, 0.3) is 0 Å². The summed E-state index contributed by atoms with van der Waals surface area (Å²) in [7, 11) is 2.15. The zero-order valence-corrected chi connectivity index (χ0v) is 20.4. The number of rotatable bonds is 6. The standard InChI is InChI=1S/C19H35N5S.HI/c1-7-20-18(23(6)13-15-10-9-11-24(15)8-2)21-12-17-22-16(14-25-17)19(3,4)5;/h14-15H,7-13H2,1-6H3,(H,20,21);1H. The summed E-state index contributed by atoms with van der Waals surface area (Å²) < 4.78 is 0. The highest BCUT2D eigenvalue weighted by atomic mass is 127. The second-order valence-electron chi connectivity index (χ2n) is 7.85. The fraction of sp³-hybridized carbons (Fsp3) is 0.789. The van der Waals surface area contributed by atoms with E-state index >= 15 is 0 Å². The highest BCUT2D eigenvalue weighted by Gasteiger charge is 2.25. The molecule has 0 amide bonds. The average molecular weight is 494 g/mol. The van der Waals surface area contributed by atoms with Gasteiger partial charge in [-0.1, -0.05) is 27.7 Å². The fourth-order valence-electron chi connectivity index (χ4n) is 3.26. The van der Waals surface area contributed by atoms with Gasteiger partial charge in [-0.2, -0.15) is 0 Å². The molecule has 1 N–H and O–H groups in total. The number of likely N-dealkylation sites (tertiary alicyclic amines) is 1. The van der Waals surface area contributed by atoms with Crippen LogP contribution in [0.3, 0.4) is 0 Å². The van der Waals surface area contributed by atoms with Gasteiger partial charge in [-0.05, 0) is 32.9 Å². The minimum absolute atomic E-state index is 0. The van der Waals surface area contributed by atoms with E-state index in [1.807, 2.05) is 0 Å². The first-order valence-corrected chi connectivity index (χ1v) is 10.4. The SMILES string of the molecule is CCNC(=NCc1nc(C(C)(C)C)cs1)N(C)CC1CCCN1CC.I. The van der Waals surface area contributed by atoms with Crippen molar-refractivity contribution in [1.82, 2.24) is 20.1 Å². The molecule has 26 heavy (non-hydrogen) atoms. The van der Waals surface area contributed by atoms with E-state index in [1.165, 1.54) is 19.4 Å². The zero-order valence-electron chi connectivity index (χ0n) is 17.2. The number of hydrogen-bond donors (Lipinski definition) is 1. The van der Waals surface area contributed by atoms with Crippen LogP contribution in [0.4, 0.5) is 0 Å². The third kappa shape index (κ3) is 6.64. The number of aromatic nitrogens is 1. The minimum atomic E-state index is 0. The summed E-state index contributed by atoms with van der Waals surface area (Å²) in [6.45, 7) is 15.9. The van der Waals surface area contributed by atoms with Crippen molar-refractivity contribution in [3.8, 4) is 0 Å². The minimum Gasteiger partial charge on any atom is -0.357 e. The summed E-state index contributed by atoms with van der Waals surface area (Å²) in [4.78, 5) is 14.4. The van der Waals surface area contributed by atoms with Crippen molar-refractivity contribution in [2.75, 3.05) is 33.2 Å². The molecular formula is C19H36IN5S. The quantitative estimate of drug-likeness (QED) is 0.371. The number of nitrogens with zero attached hydrogens (tertiary/aromatic N) is 4. The van der Waals surface area contributed by atoms with Crippen LogP contribution in [0.5, 0.6) is 0 Å². The molecule has 2 rings (SSSR count). The molecule has 1 aliphatic heterocycles. The van der Waals surface area contributed by atoms with Gasteiger partial charge in [0.1, 0.15) is 5.01 Å². The van der Waals surface area contributed by atoms with Crippen LogP contribution in [0.1, 0.15) is 58.2 Å². The molecule has 0 radical (unpaired) electrons. The third-order valence-corrected chi connectivity index (χ3v) is 5.60. The summed E-state index contributed by atoms with van der Waals surface area (Å²) in [5, 5.41) is 6.68. The van der Waals surface area contributed by atoms with E-state index in [4.69, 9.17) is 9.98 Å². The van der Waals surface area contributed by atoms with Gasteiger partial charge in [-0.25, -0.2) is 9.98 Å². The number of guanidine groups is 1. The Balaban J connectivity index is 0.00000338. The van der Waals surface area contributed by atoms with E-state index in [9.17, 15) is 0 Å². The van der Waals surface area contributed by atoms with Crippen molar-refractivity contribution in [2.24, 2.45) is 4.99 Å². The lowest BCUT2D eigenvalue weighted by molar-refractivity contribution is 0.232. The molecule has 0 bridgehead atoms. The maximum absolute atomic E-state index is 4.83. The van der Waals surface area contributed by atoms with E-state index in [0.29, 0.717) is 12.6 Å². The van der Waals surface area contributed by atoms with Crippen molar-refractivity contribution >= 4 is 41.3 Å². The molecule has 1 saturated heterocycles. The van der Waals surface area contributed by atoms with E-state index in [0.717, 1.165) is 36.3 Å². The smallest absolute Gasteiger partial charge is 0.194 e. The molecular weight excluding hydrogens is 457 g/mol. The van der Waals surface area contributed by atoms with Crippen molar-refractivity contribution in [3.63, 3.8) is 0 Å². The van der Waals surface area contributed by atoms with Gasteiger partial charge in [0.05, 0.1) is 12.2 Å². The lowest BCUT2D eigenvalue weighted by Gasteiger charge is -2.29. The molecule has 0 spiro atoms. The first-order chi connectivity index (χ1) is 11.8. The van der Waals surface area contributed by atoms with Gasteiger partial charge in [0.15, 0.2) is 5.96 Å². The number of aliphatic imine (C=N–C) groups is 1. The Hall–Kier alpha value is -0.410. The number of thiazole rings is 1. The Morgan fingerprint density at radius 1 is 1.42 bits per heavy atom. The number of nitrogens with one attached hydrogen (secondary N) is 1. The predicted molar refractivity (Wildman–Crippen MR) is 124 cm³/mol. The van der Waals surface area contributed by atoms with Crippen LogP contribution < -0.4 is 5.32 Å². The highest BCUT2D eigenvalue weighted by molar-refractivity contribution is 14.0. The van der Waals surface area contributed by atoms with Crippen LogP contribution in [0.2, 0.25) is 0 Å². The van der Waals surface area contributed by atoms with Crippen LogP contribution in [0.15, 0.2) is 10.4 Å². The Kier molecular flexibility index (Phi) is 9.82. The summed E-state index contributed by atoms with van der Waals surface area (Å²) in [5.74, 6) is 0.984. The van der Waals surface area contributed by atoms with Crippen LogP contribution >= 0.6 is 35.3 Å². The summed E-state index contributed by atoms with van der Waals surface area (Å²) >= 11 is 1.71. The lowest BCUT2D eigenvalue weighted by Crippen LogP contribution is -2.45. The second-order valence-corrected chi connectivity index (χ2v) is 8.79. The summed E-state index contributed by atoms with van der Waals surface area (Å²) in [5.41, 5.74) is 1.26. The van der Waals surface area contributed by atoms with Gasteiger partial charge in [-0.3, -0.25) is 4.90 Å². The van der Waals surface area contributed by atoms with Gasteiger partial charge >= 0.3 is 0 Å². The summed E-state index contributed by atoms with van der Waals surface area (Å²) in [6.07, 6.45) is 2.60. The number of hydrogen-bond acceptors (Lipinski definition) is 4. The first-order valence-electron chi connectivity index (χ1n) is 9.53. The van der Waals surface area contributed by atoms with Gasteiger partial charge in [0.2, 0.25) is 0 Å². The molecule has 150 valence electrons. The first kappa shape index (κ1) is 23.6. The zero-order chi connectivity index (χ0) is 18.4. The largest absolute Gasteiger partial charge is 0.357 e. The number of likely N-dealkylation sites (N-methyl/N-ethyl adjacent to an activating group) is 2. The van der Waals surface area contributed by atoms with Crippen LogP contribution in [0.25, 0.3) is 0 Å². The molecule has 7 heteroatoms. The van der Waals surface area contributed by atoms with Crippen LogP contribution in [-0.4, -0.2) is 60.0 Å².